The maximum Gasteiger partial charge on any atom is 0.222 e. The fraction of sp³-hybridized carbons (Fsp3) is 0.889. The molecule has 146 valence electrons. The van der Waals surface area contributed by atoms with Crippen LogP contribution in [0.2, 0.25) is 0 Å². The van der Waals surface area contributed by atoms with Crippen LogP contribution in [0.1, 0.15) is 46.0 Å². The minimum absolute atomic E-state index is 0.0720. The first-order valence-corrected chi connectivity index (χ1v) is 9.25. The van der Waals surface area contributed by atoms with Crippen molar-refractivity contribution >= 4 is 11.8 Å². The predicted molar refractivity (Wildman–Crippen MR) is 97.1 cm³/mol. The molecule has 0 aromatic heterocycles. The molecule has 3 unspecified atom stereocenters. The molecule has 1 aliphatic rings. The molecule has 3 N–H and O–H groups in total. The number of nitrogens with zero attached hydrogens (tertiary/aromatic N) is 1. The molecule has 1 aliphatic heterocycles. The van der Waals surface area contributed by atoms with Crippen LogP contribution in [-0.4, -0.2) is 68.8 Å². The van der Waals surface area contributed by atoms with Gasteiger partial charge in [0.1, 0.15) is 0 Å². The molecule has 0 aromatic rings. The molecule has 0 radical (unpaired) electrons. The summed E-state index contributed by atoms with van der Waals surface area (Å²) in [6.07, 6.45) is 2.99. The largest absolute Gasteiger partial charge is 0.381 e. The van der Waals surface area contributed by atoms with Gasteiger partial charge in [0.25, 0.3) is 0 Å². The average molecular weight is 357 g/mol. The van der Waals surface area contributed by atoms with Gasteiger partial charge in [0.2, 0.25) is 11.8 Å². The zero-order valence-corrected chi connectivity index (χ0v) is 16.1. The molecular formula is C18H35N3O4. The summed E-state index contributed by atoms with van der Waals surface area (Å²) in [7, 11) is 3.74. The van der Waals surface area contributed by atoms with E-state index < -0.39 is 0 Å². The van der Waals surface area contributed by atoms with Crippen molar-refractivity contribution in [3.8, 4) is 0 Å². The van der Waals surface area contributed by atoms with E-state index in [1.807, 2.05) is 6.92 Å². The SMILES string of the molecule is CNC(=O)CC(C)OC(CC(N)=O)C(C)CCN(C)C1CCOCC1. The lowest BCUT2D eigenvalue weighted by Gasteiger charge is -2.33. The van der Waals surface area contributed by atoms with Crippen molar-refractivity contribution < 1.29 is 19.1 Å². The molecule has 0 aliphatic carbocycles. The smallest absolute Gasteiger partial charge is 0.222 e. The number of nitrogens with two attached hydrogens (primary N) is 1. The van der Waals surface area contributed by atoms with Gasteiger partial charge in [0, 0.05) is 26.3 Å². The summed E-state index contributed by atoms with van der Waals surface area (Å²) in [5, 5.41) is 2.59. The molecule has 3 atom stereocenters. The summed E-state index contributed by atoms with van der Waals surface area (Å²) in [6.45, 7) is 6.53. The Labute approximate surface area is 151 Å². The second-order valence-corrected chi connectivity index (χ2v) is 7.12. The van der Waals surface area contributed by atoms with Gasteiger partial charge in [-0.15, -0.1) is 0 Å². The number of carbonyl (C=O) groups excluding carboxylic acids is 2. The molecule has 25 heavy (non-hydrogen) atoms. The van der Waals surface area contributed by atoms with E-state index in [2.05, 4.69) is 24.2 Å². The van der Waals surface area contributed by atoms with Gasteiger partial charge in [-0.3, -0.25) is 9.59 Å². The van der Waals surface area contributed by atoms with Crippen LogP contribution >= 0.6 is 0 Å². The molecule has 0 saturated carbocycles. The molecule has 0 spiro atoms. The van der Waals surface area contributed by atoms with E-state index in [1.54, 1.807) is 7.05 Å². The summed E-state index contributed by atoms with van der Waals surface area (Å²) < 4.78 is 11.4. The van der Waals surface area contributed by atoms with Gasteiger partial charge in [0.05, 0.1) is 25.0 Å². The van der Waals surface area contributed by atoms with Gasteiger partial charge in [0.15, 0.2) is 0 Å². The number of hydrogen-bond acceptors (Lipinski definition) is 5. The third-order valence-corrected chi connectivity index (χ3v) is 4.95. The van der Waals surface area contributed by atoms with E-state index in [4.69, 9.17) is 15.2 Å². The van der Waals surface area contributed by atoms with Crippen LogP contribution in [-0.2, 0) is 19.1 Å². The van der Waals surface area contributed by atoms with Crippen LogP contribution in [0.4, 0.5) is 0 Å². The predicted octanol–water partition coefficient (Wildman–Crippen LogP) is 0.909. The monoisotopic (exact) mass is 357 g/mol. The summed E-state index contributed by atoms with van der Waals surface area (Å²) >= 11 is 0. The van der Waals surface area contributed by atoms with Crippen LogP contribution in [0.3, 0.4) is 0 Å². The number of amides is 2. The topological polar surface area (TPSA) is 93.9 Å². The van der Waals surface area contributed by atoms with Gasteiger partial charge < -0.3 is 25.4 Å². The third kappa shape index (κ3) is 8.65. The summed E-state index contributed by atoms with van der Waals surface area (Å²) in [6, 6.07) is 0.559. The standard InChI is InChI=1S/C18H35N3O4/c1-13(5-8-21(4)15-6-9-24-10-7-15)16(12-17(19)22)25-14(2)11-18(23)20-3/h13-16H,5-12H2,1-4H3,(H2,19,22)(H,20,23). The molecule has 7 heteroatoms. The number of rotatable bonds is 11. The van der Waals surface area contributed by atoms with E-state index in [-0.39, 0.29) is 42.8 Å². The fourth-order valence-corrected chi connectivity index (χ4v) is 3.19. The van der Waals surface area contributed by atoms with Crippen LogP contribution < -0.4 is 11.1 Å². The molecule has 1 heterocycles. The highest BCUT2D eigenvalue weighted by Crippen LogP contribution is 2.20. The number of ether oxygens (including phenoxy) is 2. The van der Waals surface area contributed by atoms with E-state index in [1.165, 1.54) is 0 Å². The average Bonchev–Trinajstić information content (AvgIpc) is 2.58. The van der Waals surface area contributed by atoms with Gasteiger partial charge in [-0.05, 0) is 45.7 Å². The highest BCUT2D eigenvalue weighted by molar-refractivity contribution is 5.76. The Morgan fingerprint density at radius 3 is 2.48 bits per heavy atom. The highest BCUT2D eigenvalue weighted by Gasteiger charge is 2.25. The van der Waals surface area contributed by atoms with Crippen molar-refractivity contribution in [3.63, 3.8) is 0 Å². The van der Waals surface area contributed by atoms with Crippen LogP contribution in [0.25, 0.3) is 0 Å². The Balaban J connectivity index is 2.49. The second-order valence-electron chi connectivity index (χ2n) is 7.12. The van der Waals surface area contributed by atoms with Gasteiger partial charge in [-0.25, -0.2) is 0 Å². The lowest BCUT2D eigenvalue weighted by Crippen LogP contribution is -2.39. The lowest BCUT2D eigenvalue weighted by molar-refractivity contribution is -0.128. The first-order chi connectivity index (χ1) is 11.8. The van der Waals surface area contributed by atoms with E-state index in [0.717, 1.165) is 39.0 Å². The van der Waals surface area contributed by atoms with Gasteiger partial charge >= 0.3 is 0 Å². The Kier molecular flexibility index (Phi) is 10.0. The Hall–Kier alpha value is -1.18. The maximum atomic E-state index is 11.5. The first kappa shape index (κ1) is 21.9. The van der Waals surface area contributed by atoms with E-state index in [0.29, 0.717) is 6.04 Å². The molecular weight excluding hydrogens is 322 g/mol. The molecule has 2 amide bonds. The van der Waals surface area contributed by atoms with Gasteiger partial charge in [-0.1, -0.05) is 6.92 Å². The highest BCUT2D eigenvalue weighted by atomic mass is 16.5. The summed E-state index contributed by atoms with van der Waals surface area (Å²) in [4.78, 5) is 25.3. The van der Waals surface area contributed by atoms with Crippen molar-refractivity contribution in [1.82, 2.24) is 10.2 Å². The van der Waals surface area contributed by atoms with Crippen LogP contribution in [0.15, 0.2) is 0 Å². The molecule has 1 rings (SSSR count). The molecule has 1 saturated heterocycles. The van der Waals surface area contributed by atoms with E-state index in [9.17, 15) is 9.59 Å². The second kappa shape index (κ2) is 11.4. The Morgan fingerprint density at radius 2 is 1.92 bits per heavy atom. The zero-order valence-electron chi connectivity index (χ0n) is 16.1. The van der Waals surface area contributed by atoms with Crippen LogP contribution in [0.5, 0.6) is 0 Å². The first-order valence-electron chi connectivity index (χ1n) is 9.25. The van der Waals surface area contributed by atoms with Crippen molar-refractivity contribution in [2.24, 2.45) is 11.7 Å². The van der Waals surface area contributed by atoms with E-state index >= 15 is 0 Å². The van der Waals surface area contributed by atoms with Crippen molar-refractivity contribution in [2.45, 2.75) is 64.2 Å². The molecule has 0 aromatic carbocycles. The maximum absolute atomic E-state index is 11.5. The summed E-state index contributed by atoms with van der Waals surface area (Å²) in [5.41, 5.74) is 5.38. The van der Waals surface area contributed by atoms with Crippen molar-refractivity contribution in [2.75, 3.05) is 33.9 Å². The fourth-order valence-electron chi connectivity index (χ4n) is 3.19. The van der Waals surface area contributed by atoms with Crippen LogP contribution in [0, 0.1) is 5.92 Å². The number of nitrogens with one attached hydrogen (secondary N) is 1. The molecule has 7 nitrogen and oxygen atoms in total. The van der Waals surface area contributed by atoms with Crippen molar-refractivity contribution in [1.29, 1.82) is 0 Å². The number of primary amides is 1. The number of carbonyl (C=O) groups is 2. The lowest BCUT2D eigenvalue weighted by atomic mass is 9.96. The quantitative estimate of drug-likeness (QED) is 0.573. The third-order valence-electron chi connectivity index (χ3n) is 4.95. The minimum atomic E-state index is -0.373. The Morgan fingerprint density at radius 1 is 1.28 bits per heavy atom. The molecule has 0 bridgehead atoms. The number of hydrogen-bond donors (Lipinski definition) is 2. The van der Waals surface area contributed by atoms with Gasteiger partial charge in [-0.2, -0.15) is 0 Å². The Bertz CT molecular complexity index is 413. The minimum Gasteiger partial charge on any atom is -0.381 e. The summed E-state index contributed by atoms with van der Waals surface area (Å²) in [5.74, 6) is -0.263. The van der Waals surface area contributed by atoms with Crippen molar-refractivity contribution in [3.05, 3.63) is 0 Å². The normalized spacial score (nSPS) is 19.4. The molecule has 1 fully saturated rings. The zero-order chi connectivity index (χ0) is 18.8.